The Morgan fingerprint density at radius 2 is 0.662 bits per heavy atom. The van der Waals surface area contributed by atoms with Gasteiger partial charge in [0.05, 0.1) is 17.1 Å². The first kappa shape index (κ1) is 40.1. The van der Waals surface area contributed by atoms with E-state index in [2.05, 4.69) is 268 Å². The average Bonchev–Trinajstić information content (AvgIpc) is 3.76. The minimum absolute atomic E-state index is 0.115. The van der Waals surface area contributed by atoms with Crippen LogP contribution in [0.2, 0.25) is 0 Å². The smallest absolute Gasteiger partial charge is 0.0540 e. The third-order valence-electron chi connectivity index (χ3n) is 15.2. The molecule has 0 fully saturated rings. The van der Waals surface area contributed by atoms with E-state index in [1.807, 2.05) is 0 Å². The standard InChI is InChI=1S/C66H50N2/c1-65(2)58-27-13-11-24-53(58)55-37-35-47(41-60(55)65)67(62-29-15-19-43-17-5-7-21-50(43)62)46-33-31-45(32-34-46)49-39-40-64(57-26-10-9-23-52(49)57)68(63-30-16-20-44-18-6-8-22-51(44)63)48-36-38-56-54-25-12-14-28-59(54)66(3,4)61(56)42-48/h5-42H,1-4H3. The molecule has 0 saturated heterocycles. The van der Waals surface area contributed by atoms with Crippen LogP contribution in [-0.4, -0.2) is 0 Å². The number of hydrogen-bond donors (Lipinski definition) is 0. The van der Waals surface area contributed by atoms with Crippen molar-refractivity contribution in [1.82, 2.24) is 0 Å². The van der Waals surface area contributed by atoms with E-state index in [0.717, 1.165) is 34.1 Å². The zero-order valence-electron chi connectivity index (χ0n) is 38.8. The molecule has 2 aliphatic rings. The van der Waals surface area contributed by atoms with Crippen LogP contribution >= 0.6 is 0 Å². The Balaban J connectivity index is 0.950. The fourth-order valence-corrected chi connectivity index (χ4v) is 11.8. The van der Waals surface area contributed by atoms with Crippen LogP contribution in [0.1, 0.15) is 49.9 Å². The highest BCUT2D eigenvalue weighted by molar-refractivity contribution is 6.09. The van der Waals surface area contributed by atoms with Gasteiger partial charge in [-0.1, -0.05) is 204 Å². The van der Waals surface area contributed by atoms with Crippen molar-refractivity contribution in [2.75, 3.05) is 9.80 Å². The first-order valence-electron chi connectivity index (χ1n) is 23.9. The lowest BCUT2D eigenvalue weighted by Gasteiger charge is -2.30. The van der Waals surface area contributed by atoms with Gasteiger partial charge in [0.25, 0.3) is 0 Å². The van der Waals surface area contributed by atoms with Crippen molar-refractivity contribution in [1.29, 1.82) is 0 Å². The van der Waals surface area contributed by atoms with E-state index >= 15 is 0 Å². The lowest BCUT2D eigenvalue weighted by Crippen LogP contribution is -2.17. The van der Waals surface area contributed by atoms with Gasteiger partial charge in [-0.15, -0.1) is 0 Å². The van der Waals surface area contributed by atoms with Crippen LogP contribution in [-0.2, 0) is 10.8 Å². The average molecular weight is 871 g/mol. The van der Waals surface area contributed by atoms with Crippen LogP contribution in [0.4, 0.5) is 34.1 Å². The predicted octanol–water partition coefficient (Wildman–Crippen LogP) is 18.4. The van der Waals surface area contributed by atoms with Crippen molar-refractivity contribution in [3.63, 3.8) is 0 Å². The van der Waals surface area contributed by atoms with E-state index in [0.29, 0.717) is 0 Å². The summed E-state index contributed by atoms with van der Waals surface area (Å²) in [5.41, 5.74) is 19.8. The molecule has 0 N–H and O–H groups in total. The molecule has 0 bridgehead atoms. The SMILES string of the molecule is CC1(C)c2ccccc2-c2ccc(N(c3ccc(-c4ccc(N(c5ccc6c(c5)C(C)(C)c5ccccc5-6)c5cccc6ccccc56)c5ccccc45)cc3)c3cccc4ccccc34)cc21. The van der Waals surface area contributed by atoms with Crippen molar-refractivity contribution in [3.05, 3.63) is 253 Å². The van der Waals surface area contributed by atoms with Gasteiger partial charge in [0.2, 0.25) is 0 Å². The van der Waals surface area contributed by atoms with E-state index in [1.165, 1.54) is 88.0 Å². The molecule has 2 nitrogen and oxygen atoms in total. The van der Waals surface area contributed by atoms with Crippen LogP contribution in [0, 0.1) is 0 Å². The minimum Gasteiger partial charge on any atom is -0.310 e. The first-order valence-corrected chi connectivity index (χ1v) is 23.9. The van der Waals surface area contributed by atoms with Crippen LogP contribution in [0.3, 0.4) is 0 Å². The van der Waals surface area contributed by atoms with Gasteiger partial charge in [-0.25, -0.2) is 0 Å². The zero-order valence-corrected chi connectivity index (χ0v) is 38.8. The Hall–Kier alpha value is -8.20. The topological polar surface area (TPSA) is 6.48 Å². The molecule has 0 aliphatic heterocycles. The van der Waals surface area contributed by atoms with Crippen LogP contribution < -0.4 is 9.80 Å². The molecule has 0 aromatic heterocycles. The van der Waals surface area contributed by atoms with Crippen LogP contribution in [0.25, 0.3) is 65.7 Å². The fraction of sp³-hybridized carbons (Fsp3) is 0.0909. The number of fused-ring (bicyclic) bond motifs is 9. The summed E-state index contributed by atoms with van der Waals surface area (Å²) in [6.45, 7) is 9.46. The summed E-state index contributed by atoms with van der Waals surface area (Å²) in [5, 5.41) is 7.28. The largest absolute Gasteiger partial charge is 0.310 e. The molecule has 11 aromatic carbocycles. The molecular formula is C66H50N2. The molecule has 324 valence electrons. The Labute approximate surface area is 399 Å². The van der Waals surface area contributed by atoms with Gasteiger partial charge in [-0.3, -0.25) is 0 Å². The normalized spacial score (nSPS) is 13.8. The lowest BCUT2D eigenvalue weighted by molar-refractivity contribution is 0.660. The molecule has 0 radical (unpaired) electrons. The Morgan fingerprint density at radius 3 is 1.24 bits per heavy atom. The minimum atomic E-state index is -0.128. The van der Waals surface area contributed by atoms with E-state index < -0.39 is 0 Å². The maximum atomic E-state index is 2.50. The maximum Gasteiger partial charge on any atom is 0.0540 e. The fourth-order valence-electron chi connectivity index (χ4n) is 11.8. The molecule has 11 aromatic rings. The highest BCUT2D eigenvalue weighted by Crippen LogP contribution is 2.53. The molecule has 0 atom stereocenters. The van der Waals surface area contributed by atoms with Crippen molar-refractivity contribution in [3.8, 4) is 33.4 Å². The van der Waals surface area contributed by atoms with Gasteiger partial charge in [0, 0.05) is 44.1 Å². The van der Waals surface area contributed by atoms with Gasteiger partial charge < -0.3 is 9.80 Å². The van der Waals surface area contributed by atoms with Crippen molar-refractivity contribution >= 4 is 66.4 Å². The van der Waals surface area contributed by atoms with E-state index in [-0.39, 0.29) is 10.8 Å². The maximum absolute atomic E-state index is 2.50. The number of benzene rings is 11. The molecule has 13 rings (SSSR count). The van der Waals surface area contributed by atoms with Crippen LogP contribution in [0.15, 0.2) is 231 Å². The summed E-state index contributed by atoms with van der Waals surface area (Å²) in [7, 11) is 0. The Morgan fingerprint density at radius 1 is 0.265 bits per heavy atom. The quantitative estimate of drug-likeness (QED) is 0.157. The first-order chi connectivity index (χ1) is 33.3. The molecule has 0 spiro atoms. The Bertz CT molecular complexity index is 3810. The number of rotatable bonds is 7. The second-order valence-electron chi connectivity index (χ2n) is 19.7. The highest BCUT2D eigenvalue weighted by atomic mass is 15.2. The van der Waals surface area contributed by atoms with Crippen LogP contribution in [0.5, 0.6) is 0 Å². The van der Waals surface area contributed by atoms with E-state index in [1.54, 1.807) is 0 Å². The molecular weight excluding hydrogens is 821 g/mol. The van der Waals surface area contributed by atoms with E-state index in [4.69, 9.17) is 0 Å². The molecule has 0 amide bonds. The molecule has 2 aliphatic carbocycles. The third-order valence-corrected chi connectivity index (χ3v) is 15.2. The summed E-state index contributed by atoms with van der Waals surface area (Å²) >= 11 is 0. The molecule has 2 heteroatoms. The second-order valence-corrected chi connectivity index (χ2v) is 19.7. The highest BCUT2D eigenvalue weighted by Gasteiger charge is 2.37. The summed E-state index contributed by atoms with van der Waals surface area (Å²) in [6, 6.07) is 85.7. The number of nitrogens with zero attached hydrogens (tertiary/aromatic N) is 2. The zero-order chi connectivity index (χ0) is 45.7. The lowest BCUT2D eigenvalue weighted by atomic mass is 9.82. The Kier molecular flexibility index (Phi) is 8.95. The van der Waals surface area contributed by atoms with Crippen molar-refractivity contribution in [2.45, 2.75) is 38.5 Å². The summed E-state index contributed by atoms with van der Waals surface area (Å²) in [4.78, 5) is 4.94. The predicted molar refractivity (Wildman–Crippen MR) is 289 cm³/mol. The molecule has 0 saturated carbocycles. The van der Waals surface area contributed by atoms with Gasteiger partial charge in [0.15, 0.2) is 0 Å². The summed E-state index contributed by atoms with van der Waals surface area (Å²) in [6.07, 6.45) is 0. The monoisotopic (exact) mass is 870 g/mol. The summed E-state index contributed by atoms with van der Waals surface area (Å²) < 4.78 is 0. The van der Waals surface area contributed by atoms with Crippen molar-refractivity contribution < 1.29 is 0 Å². The third kappa shape index (κ3) is 6.03. The molecule has 0 heterocycles. The van der Waals surface area contributed by atoms with Crippen molar-refractivity contribution in [2.24, 2.45) is 0 Å². The second kappa shape index (κ2) is 15.2. The van der Waals surface area contributed by atoms with E-state index in [9.17, 15) is 0 Å². The van der Waals surface area contributed by atoms with Gasteiger partial charge >= 0.3 is 0 Å². The molecule has 68 heavy (non-hydrogen) atoms. The van der Waals surface area contributed by atoms with Gasteiger partial charge in [-0.05, 0) is 126 Å². The van der Waals surface area contributed by atoms with Gasteiger partial charge in [-0.2, -0.15) is 0 Å². The summed E-state index contributed by atoms with van der Waals surface area (Å²) in [5.74, 6) is 0. The number of hydrogen-bond acceptors (Lipinski definition) is 2. The number of anilines is 6. The molecule has 0 unspecified atom stereocenters. The van der Waals surface area contributed by atoms with Gasteiger partial charge in [0.1, 0.15) is 0 Å².